The third-order valence-corrected chi connectivity index (χ3v) is 5.00. The van der Waals surface area contributed by atoms with E-state index in [2.05, 4.69) is 5.32 Å². The SMILES string of the molecule is COCc1c(C(=O)NC(C)(C)c2ccc(Cl)c(Cl)c2)oc2ccccc12. The molecule has 2 aromatic carbocycles. The topological polar surface area (TPSA) is 51.5 Å². The molecule has 0 aliphatic carbocycles. The summed E-state index contributed by atoms with van der Waals surface area (Å²) in [6.07, 6.45) is 0. The third kappa shape index (κ3) is 3.58. The van der Waals surface area contributed by atoms with Gasteiger partial charge in [0.25, 0.3) is 5.91 Å². The lowest BCUT2D eigenvalue weighted by atomic mass is 9.94. The van der Waals surface area contributed by atoms with Crippen LogP contribution in [-0.2, 0) is 16.9 Å². The Morgan fingerprint density at radius 1 is 1.15 bits per heavy atom. The fourth-order valence-electron chi connectivity index (χ4n) is 2.87. The Morgan fingerprint density at radius 2 is 1.88 bits per heavy atom. The van der Waals surface area contributed by atoms with Gasteiger partial charge in [-0.2, -0.15) is 0 Å². The molecule has 1 N–H and O–H groups in total. The van der Waals surface area contributed by atoms with E-state index in [1.807, 2.05) is 44.2 Å². The van der Waals surface area contributed by atoms with Gasteiger partial charge in [-0.3, -0.25) is 4.79 Å². The molecule has 4 nitrogen and oxygen atoms in total. The minimum absolute atomic E-state index is 0.251. The van der Waals surface area contributed by atoms with E-state index in [-0.39, 0.29) is 18.3 Å². The standard InChI is InChI=1S/C20H19Cl2NO3/c1-20(2,12-8-9-15(21)16(22)10-12)23-19(24)18-14(11-25-3)13-6-4-5-7-17(13)26-18/h4-10H,11H2,1-3H3,(H,23,24). The van der Waals surface area contributed by atoms with E-state index in [0.717, 1.165) is 16.5 Å². The molecular formula is C20H19Cl2NO3. The van der Waals surface area contributed by atoms with Crippen molar-refractivity contribution in [2.75, 3.05) is 7.11 Å². The fourth-order valence-corrected chi connectivity index (χ4v) is 3.17. The Morgan fingerprint density at radius 3 is 2.58 bits per heavy atom. The van der Waals surface area contributed by atoms with E-state index in [9.17, 15) is 4.79 Å². The van der Waals surface area contributed by atoms with Crippen molar-refractivity contribution in [1.29, 1.82) is 0 Å². The third-order valence-electron chi connectivity index (χ3n) is 4.26. The number of ether oxygens (including phenoxy) is 1. The van der Waals surface area contributed by atoms with Gasteiger partial charge < -0.3 is 14.5 Å². The number of amides is 1. The largest absolute Gasteiger partial charge is 0.451 e. The van der Waals surface area contributed by atoms with Gasteiger partial charge in [-0.05, 0) is 37.6 Å². The zero-order valence-electron chi connectivity index (χ0n) is 14.7. The Hall–Kier alpha value is -2.01. The second kappa shape index (κ2) is 7.31. The lowest BCUT2D eigenvalue weighted by molar-refractivity contribution is 0.0879. The maximum Gasteiger partial charge on any atom is 0.288 e. The van der Waals surface area contributed by atoms with Gasteiger partial charge in [-0.15, -0.1) is 0 Å². The molecule has 0 aliphatic heterocycles. The quantitative estimate of drug-likeness (QED) is 0.619. The molecule has 0 saturated carbocycles. The van der Waals surface area contributed by atoms with Gasteiger partial charge in [0, 0.05) is 18.1 Å². The van der Waals surface area contributed by atoms with Gasteiger partial charge in [-0.25, -0.2) is 0 Å². The van der Waals surface area contributed by atoms with E-state index in [4.69, 9.17) is 32.4 Å². The van der Waals surface area contributed by atoms with Crippen LogP contribution >= 0.6 is 23.2 Å². The average molecular weight is 392 g/mol. The smallest absolute Gasteiger partial charge is 0.288 e. The average Bonchev–Trinajstić information content (AvgIpc) is 2.96. The molecule has 3 aromatic rings. The van der Waals surface area contributed by atoms with Crippen LogP contribution in [0.1, 0.15) is 35.5 Å². The van der Waals surface area contributed by atoms with Crippen LogP contribution in [-0.4, -0.2) is 13.0 Å². The number of furan rings is 1. The van der Waals surface area contributed by atoms with Gasteiger partial charge >= 0.3 is 0 Å². The van der Waals surface area contributed by atoms with E-state index < -0.39 is 5.54 Å². The number of nitrogens with one attached hydrogen (secondary N) is 1. The maximum absolute atomic E-state index is 12.9. The van der Waals surface area contributed by atoms with Crippen molar-refractivity contribution in [3.63, 3.8) is 0 Å². The summed E-state index contributed by atoms with van der Waals surface area (Å²) in [5, 5.41) is 4.78. The van der Waals surface area contributed by atoms with Gasteiger partial charge in [0.15, 0.2) is 5.76 Å². The first-order valence-electron chi connectivity index (χ1n) is 8.11. The first-order valence-corrected chi connectivity index (χ1v) is 8.86. The Labute approximate surface area is 162 Å². The van der Waals surface area contributed by atoms with Gasteiger partial charge in [0.05, 0.1) is 22.2 Å². The number of halogens is 2. The number of carbonyl (C=O) groups is 1. The van der Waals surface area contributed by atoms with Crippen molar-refractivity contribution in [3.8, 4) is 0 Å². The predicted molar refractivity (Wildman–Crippen MR) is 104 cm³/mol. The summed E-state index contributed by atoms with van der Waals surface area (Å²) >= 11 is 12.1. The van der Waals surface area contributed by atoms with Gasteiger partial charge in [-0.1, -0.05) is 47.5 Å². The van der Waals surface area contributed by atoms with Crippen molar-refractivity contribution in [3.05, 3.63) is 69.4 Å². The van der Waals surface area contributed by atoms with Gasteiger partial charge in [0.1, 0.15) is 5.58 Å². The van der Waals surface area contributed by atoms with Crippen molar-refractivity contribution >= 4 is 40.1 Å². The normalized spacial score (nSPS) is 11.7. The molecule has 136 valence electrons. The fraction of sp³-hybridized carbons (Fsp3) is 0.250. The molecule has 0 bridgehead atoms. The Bertz CT molecular complexity index is 963. The maximum atomic E-state index is 12.9. The predicted octanol–water partition coefficient (Wildman–Crippen LogP) is 5.55. The van der Waals surface area contributed by atoms with Crippen molar-refractivity contribution in [1.82, 2.24) is 5.32 Å². The number of hydrogen-bond acceptors (Lipinski definition) is 3. The number of methoxy groups -OCH3 is 1. The summed E-state index contributed by atoms with van der Waals surface area (Å²) in [7, 11) is 1.59. The molecule has 0 aliphatic rings. The monoisotopic (exact) mass is 391 g/mol. The second-order valence-electron chi connectivity index (χ2n) is 6.55. The van der Waals surface area contributed by atoms with Crippen LogP contribution in [0.5, 0.6) is 0 Å². The second-order valence-corrected chi connectivity index (χ2v) is 7.36. The highest BCUT2D eigenvalue weighted by Crippen LogP contribution is 2.30. The van der Waals surface area contributed by atoms with Crippen molar-refractivity contribution < 1.29 is 13.9 Å². The summed E-state index contributed by atoms with van der Waals surface area (Å²) in [4.78, 5) is 12.9. The lowest BCUT2D eigenvalue weighted by Gasteiger charge is -2.27. The van der Waals surface area contributed by atoms with Crippen molar-refractivity contribution in [2.24, 2.45) is 0 Å². The summed E-state index contributed by atoms with van der Waals surface area (Å²) < 4.78 is 11.1. The molecule has 3 rings (SSSR count). The van der Waals surface area contributed by atoms with Crippen LogP contribution in [0, 0.1) is 0 Å². The minimum atomic E-state index is -0.672. The van der Waals surface area contributed by atoms with Crippen molar-refractivity contribution in [2.45, 2.75) is 26.0 Å². The molecule has 1 amide bonds. The number of fused-ring (bicyclic) bond motifs is 1. The zero-order chi connectivity index (χ0) is 18.9. The zero-order valence-corrected chi connectivity index (χ0v) is 16.2. The summed E-state index contributed by atoms with van der Waals surface area (Å²) in [6, 6.07) is 12.8. The first-order chi connectivity index (χ1) is 12.3. The molecule has 0 unspecified atom stereocenters. The van der Waals surface area contributed by atoms with Crippen LogP contribution in [0.3, 0.4) is 0 Å². The summed E-state index contributed by atoms with van der Waals surface area (Å²) in [6.45, 7) is 4.07. The Balaban J connectivity index is 1.95. The van der Waals surface area contributed by atoms with Crippen LogP contribution in [0.25, 0.3) is 11.0 Å². The highest BCUT2D eigenvalue weighted by atomic mass is 35.5. The molecule has 26 heavy (non-hydrogen) atoms. The summed E-state index contributed by atoms with van der Waals surface area (Å²) in [5.41, 5.74) is 1.54. The van der Waals surface area contributed by atoms with Crippen LogP contribution < -0.4 is 5.32 Å². The molecule has 0 atom stereocenters. The van der Waals surface area contributed by atoms with E-state index >= 15 is 0 Å². The molecular weight excluding hydrogens is 373 g/mol. The number of benzene rings is 2. The molecule has 0 spiro atoms. The number of carbonyl (C=O) groups excluding carboxylic acids is 1. The molecule has 1 aromatic heterocycles. The van der Waals surface area contributed by atoms with Gasteiger partial charge in [0.2, 0.25) is 0 Å². The van der Waals surface area contributed by atoms with Crippen LogP contribution in [0.15, 0.2) is 46.9 Å². The van der Waals surface area contributed by atoms with Crippen LogP contribution in [0.2, 0.25) is 10.0 Å². The van der Waals surface area contributed by atoms with E-state index in [1.165, 1.54) is 0 Å². The highest BCUT2D eigenvalue weighted by Gasteiger charge is 2.28. The molecule has 0 saturated heterocycles. The van der Waals surface area contributed by atoms with Crippen LogP contribution in [0.4, 0.5) is 0 Å². The summed E-state index contributed by atoms with van der Waals surface area (Å²) in [5.74, 6) is -0.0643. The number of rotatable bonds is 5. The molecule has 0 fully saturated rings. The minimum Gasteiger partial charge on any atom is -0.451 e. The lowest BCUT2D eigenvalue weighted by Crippen LogP contribution is -2.41. The molecule has 6 heteroatoms. The van der Waals surface area contributed by atoms with E-state index in [1.54, 1.807) is 19.2 Å². The molecule has 0 radical (unpaired) electrons. The first kappa shape index (κ1) is 18.8. The highest BCUT2D eigenvalue weighted by molar-refractivity contribution is 6.42. The number of para-hydroxylation sites is 1. The molecule has 1 heterocycles. The number of hydrogen-bond donors (Lipinski definition) is 1. The van der Waals surface area contributed by atoms with E-state index in [0.29, 0.717) is 15.6 Å². The Kier molecular flexibility index (Phi) is 5.28.